The number of rotatable bonds is 3. The minimum absolute atomic E-state index is 0. The van der Waals surface area contributed by atoms with Gasteiger partial charge in [-0.1, -0.05) is 43.7 Å². The van der Waals surface area contributed by atoms with Gasteiger partial charge in [-0.05, 0) is 40.6 Å². The number of hydrogen-bond acceptors (Lipinski definition) is 2. The number of fused-ring (bicyclic) bond motifs is 1. The van der Waals surface area contributed by atoms with Crippen LogP contribution in [-0.4, -0.2) is 10.7 Å². The van der Waals surface area contributed by atoms with Crippen LogP contribution in [0.25, 0.3) is 11.3 Å². The maximum atomic E-state index is 12.5. The van der Waals surface area contributed by atoms with Gasteiger partial charge in [0.2, 0.25) is 0 Å². The van der Waals surface area contributed by atoms with Crippen LogP contribution in [0, 0.1) is 12.1 Å². The molecular weight excluding hydrogens is 683 g/mol. The van der Waals surface area contributed by atoms with Crippen molar-refractivity contribution in [3.63, 3.8) is 0 Å². The van der Waals surface area contributed by atoms with E-state index in [1.165, 1.54) is 11.6 Å². The van der Waals surface area contributed by atoms with Gasteiger partial charge in [-0.2, -0.15) is 26.3 Å². The van der Waals surface area contributed by atoms with Crippen LogP contribution in [0.5, 0.6) is 0 Å². The van der Waals surface area contributed by atoms with E-state index in [0.717, 1.165) is 47.6 Å². The van der Waals surface area contributed by atoms with Crippen LogP contribution in [0.3, 0.4) is 0 Å². The predicted molar refractivity (Wildman–Crippen MR) is 129 cm³/mol. The van der Waals surface area contributed by atoms with Crippen molar-refractivity contribution in [3.8, 4) is 11.3 Å². The summed E-state index contributed by atoms with van der Waals surface area (Å²) in [6.07, 6.45) is -8.04. The number of halogens is 6. The molecule has 1 atom stereocenters. The van der Waals surface area contributed by atoms with Gasteiger partial charge >= 0.3 is 12.4 Å². The Bertz CT molecular complexity index is 1380. The van der Waals surface area contributed by atoms with Gasteiger partial charge in [0.15, 0.2) is 0 Å². The molecule has 1 aromatic heterocycles. The van der Waals surface area contributed by atoms with Crippen molar-refractivity contribution in [2.24, 2.45) is 4.99 Å². The zero-order chi connectivity index (χ0) is 26.6. The van der Waals surface area contributed by atoms with E-state index in [9.17, 15) is 26.3 Å². The van der Waals surface area contributed by atoms with Gasteiger partial charge in [0.05, 0.1) is 5.69 Å². The van der Waals surface area contributed by atoms with E-state index in [0.29, 0.717) is 12.0 Å². The summed E-state index contributed by atoms with van der Waals surface area (Å²) < 4.78 is 74.5. The van der Waals surface area contributed by atoms with Crippen molar-refractivity contribution in [1.82, 2.24) is 4.98 Å². The van der Waals surface area contributed by atoms with Gasteiger partial charge in [-0.25, -0.2) is 0 Å². The number of pyridine rings is 1. The molecule has 0 fully saturated rings. The number of hydrogen-bond donors (Lipinski definition) is 0. The molecule has 1 aliphatic heterocycles. The van der Waals surface area contributed by atoms with E-state index in [1.54, 1.807) is 0 Å². The number of para-hydroxylation sites is 1. The number of aromatic nitrogens is 1. The third-order valence-electron chi connectivity index (χ3n) is 5.73. The maximum Gasteiger partial charge on any atom is 0.432 e. The van der Waals surface area contributed by atoms with Crippen molar-refractivity contribution in [1.29, 1.82) is 0 Å². The van der Waals surface area contributed by atoms with Crippen LogP contribution >= 0.6 is 0 Å². The quantitative estimate of drug-likeness (QED) is 0.155. The second kappa shape index (κ2) is 12.0. The molecule has 3 aromatic carbocycles. The molecule has 1 radical (unpaired) electrons. The summed E-state index contributed by atoms with van der Waals surface area (Å²) in [5.41, 5.74) is 2.69. The van der Waals surface area contributed by atoms with E-state index >= 15 is 0 Å². The summed E-state index contributed by atoms with van der Waals surface area (Å²) in [5.74, 6) is 0.421. The summed E-state index contributed by atoms with van der Waals surface area (Å²) in [6, 6.07) is 27.7. The van der Waals surface area contributed by atoms with Gasteiger partial charge in [0, 0.05) is 20.1 Å². The van der Waals surface area contributed by atoms with Crippen LogP contribution in [0.4, 0.5) is 32.0 Å². The van der Waals surface area contributed by atoms with Crippen LogP contribution in [0.15, 0.2) is 89.9 Å². The Hall–Kier alpha value is -3.29. The maximum absolute atomic E-state index is 12.5. The van der Waals surface area contributed by atoms with Crippen molar-refractivity contribution in [3.05, 3.63) is 119 Å². The smallest absolute Gasteiger partial charge is 0.300 e. The Morgan fingerprint density at radius 2 is 1.50 bits per heavy atom. The average molecular weight is 703 g/mol. The zero-order valence-corrected chi connectivity index (χ0v) is 22.3. The van der Waals surface area contributed by atoms with E-state index in [1.807, 2.05) is 24.3 Å². The Kier molecular flexibility index (Phi) is 9.28. The largest absolute Gasteiger partial charge is 0.432 e. The molecule has 5 rings (SSSR count). The molecule has 199 valence electrons. The van der Waals surface area contributed by atoms with Gasteiger partial charge in [0.25, 0.3) is 0 Å². The molecule has 4 aromatic rings. The number of aliphatic imine (C=N–C) groups is 1. The molecule has 0 saturated heterocycles. The summed E-state index contributed by atoms with van der Waals surface area (Å²) in [7, 11) is 0. The van der Waals surface area contributed by atoms with Crippen molar-refractivity contribution >= 4 is 11.4 Å². The van der Waals surface area contributed by atoms with Crippen molar-refractivity contribution in [2.75, 3.05) is 0 Å². The first-order valence-corrected chi connectivity index (χ1v) is 11.4. The molecule has 9 heteroatoms. The molecule has 0 amide bonds. The first kappa shape index (κ1) is 29.3. The minimum Gasteiger partial charge on any atom is -0.300 e. The molecule has 0 aliphatic carbocycles. The van der Waals surface area contributed by atoms with Gasteiger partial charge in [-0.3, -0.25) is 4.98 Å². The Labute approximate surface area is 229 Å². The molecule has 38 heavy (non-hydrogen) atoms. The standard InChI is InChI=1S/C16H14N.C13H6F6N.Ir/c1-2-13-14-10-6-7-11-15(14)17-16(13)12-8-4-3-5-9-12;14-12(15,16)9-6-4-8(5-7-9)10-2-1-3-11(20-10)13(17,18)19;/h3-8,10-11,13H,2H2,1H3;1-4,6-7H;/q2*-1;. The normalized spacial score (nSPS) is 14.5. The molecule has 0 saturated carbocycles. The van der Waals surface area contributed by atoms with E-state index in [4.69, 9.17) is 4.99 Å². The monoisotopic (exact) mass is 703 g/mol. The summed E-state index contributed by atoms with van der Waals surface area (Å²) in [5, 5.41) is 0. The molecule has 1 unspecified atom stereocenters. The molecular formula is C29H20F6IrN2-2. The molecule has 0 N–H and O–H groups in total. The average Bonchev–Trinajstić information content (AvgIpc) is 3.27. The van der Waals surface area contributed by atoms with Crippen molar-refractivity contribution in [2.45, 2.75) is 31.6 Å². The van der Waals surface area contributed by atoms with Crippen LogP contribution in [0.2, 0.25) is 0 Å². The Morgan fingerprint density at radius 3 is 2.11 bits per heavy atom. The number of alkyl halides is 6. The summed E-state index contributed by atoms with van der Waals surface area (Å²) >= 11 is 0. The first-order valence-electron chi connectivity index (χ1n) is 11.4. The predicted octanol–water partition coefficient (Wildman–Crippen LogP) is 8.70. The molecule has 0 bridgehead atoms. The topological polar surface area (TPSA) is 25.2 Å². The summed E-state index contributed by atoms with van der Waals surface area (Å²) in [4.78, 5) is 8.13. The van der Waals surface area contributed by atoms with E-state index in [-0.39, 0.29) is 31.4 Å². The SMILES string of the molecule is CCC1C(c2[c-]cccc2)=Nc2ccccc21.FC(F)(F)c1c[c-]c(-c2cccc(C(F)(F)F)n2)cc1.[Ir]. The molecule has 0 spiro atoms. The molecule has 2 nitrogen and oxygen atoms in total. The van der Waals surface area contributed by atoms with Gasteiger partial charge in [-0.15, -0.1) is 65.7 Å². The fourth-order valence-corrected chi connectivity index (χ4v) is 3.96. The van der Waals surface area contributed by atoms with E-state index < -0.39 is 23.6 Å². The molecule has 1 aliphatic rings. The van der Waals surface area contributed by atoms with Crippen LogP contribution in [0.1, 0.15) is 41.6 Å². The second-order valence-corrected chi connectivity index (χ2v) is 8.19. The number of nitrogens with zero attached hydrogens (tertiary/aromatic N) is 2. The van der Waals surface area contributed by atoms with Crippen LogP contribution in [-0.2, 0) is 32.5 Å². The zero-order valence-electron chi connectivity index (χ0n) is 19.9. The Morgan fingerprint density at radius 1 is 0.763 bits per heavy atom. The fourth-order valence-electron chi connectivity index (χ4n) is 3.96. The first-order chi connectivity index (χ1) is 17.6. The van der Waals surface area contributed by atoms with Crippen LogP contribution < -0.4 is 0 Å². The van der Waals surface area contributed by atoms with Crippen molar-refractivity contribution < 1.29 is 46.4 Å². The van der Waals surface area contributed by atoms with Gasteiger partial charge < -0.3 is 4.99 Å². The third-order valence-corrected chi connectivity index (χ3v) is 5.73. The van der Waals surface area contributed by atoms with Gasteiger partial charge in [0.1, 0.15) is 5.69 Å². The number of benzene rings is 3. The second-order valence-electron chi connectivity index (χ2n) is 8.19. The fraction of sp³-hybridized carbons (Fsp3) is 0.172. The third kappa shape index (κ3) is 6.77. The Balaban J connectivity index is 0.000000207. The summed E-state index contributed by atoms with van der Waals surface area (Å²) in [6.45, 7) is 2.21. The van der Waals surface area contributed by atoms with E-state index in [2.05, 4.69) is 48.3 Å². The molecule has 2 heterocycles. The minimum atomic E-state index is -4.61.